The summed E-state index contributed by atoms with van der Waals surface area (Å²) >= 11 is 0. The first-order chi connectivity index (χ1) is 17.8. The van der Waals surface area contributed by atoms with Gasteiger partial charge in [0.25, 0.3) is 0 Å². The van der Waals surface area contributed by atoms with Crippen molar-refractivity contribution in [3.63, 3.8) is 0 Å². The second-order valence-electron chi connectivity index (χ2n) is 8.77. The van der Waals surface area contributed by atoms with Crippen molar-refractivity contribution in [1.29, 1.82) is 0 Å². The Hall–Kier alpha value is -4.04. The molecule has 36 heavy (non-hydrogen) atoms. The minimum atomic E-state index is -0.632. The van der Waals surface area contributed by atoms with E-state index in [0.29, 0.717) is 0 Å². The molecule has 0 saturated carbocycles. The molecule has 1 aliphatic heterocycles. The van der Waals surface area contributed by atoms with Crippen molar-refractivity contribution in [2.45, 2.75) is 0 Å². The molecule has 0 atom stereocenters. The van der Waals surface area contributed by atoms with Crippen LogP contribution in [0.25, 0.3) is 32.7 Å². The Morgan fingerprint density at radius 3 is 1.08 bits per heavy atom. The zero-order valence-electron chi connectivity index (χ0n) is 19.2. The largest absolute Gasteiger partial charge is 0.467 e. The Labute approximate surface area is 208 Å². The minimum absolute atomic E-state index is 0.632. The van der Waals surface area contributed by atoms with Crippen molar-refractivity contribution in [1.82, 2.24) is 15.0 Å². The molecule has 168 valence electrons. The first-order valence-corrected chi connectivity index (χ1v) is 11.8. The van der Waals surface area contributed by atoms with E-state index >= 15 is 0 Å². The summed E-state index contributed by atoms with van der Waals surface area (Å²) in [6.45, 7) is 0. The molecular formula is C27H18B3N3O3. The molecule has 1 aliphatic rings. The summed E-state index contributed by atoms with van der Waals surface area (Å²) in [5.74, 6) is 0. The summed E-state index contributed by atoms with van der Waals surface area (Å²) in [5, 5.41) is 3.07. The number of pyridine rings is 3. The molecule has 7 rings (SSSR count). The number of hydrogen-bond acceptors (Lipinski definition) is 6. The highest BCUT2D eigenvalue weighted by Crippen LogP contribution is 2.17. The van der Waals surface area contributed by atoms with Gasteiger partial charge in [-0.15, -0.1) is 0 Å². The molecule has 0 radical (unpaired) electrons. The lowest BCUT2D eigenvalue weighted by molar-refractivity contribution is 0.308. The third-order valence-electron chi connectivity index (χ3n) is 6.44. The van der Waals surface area contributed by atoms with Gasteiger partial charge in [0.05, 0.1) is 16.6 Å². The minimum Gasteiger partial charge on any atom is -0.445 e. The van der Waals surface area contributed by atoms with Crippen molar-refractivity contribution in [3.8, 4) is 0 Å². The van der Waals surface area contributed by atoms with Gasteiger partial charge in [-0.1, -0.05) is 54.6 Å². The second-order valence-corrected chi connectivity index (χ2v) is 8.77. The SMILES string of the molecule is c1cnc2ccc(B3OB(c4ccc5ncccc5c4)OB(c4ccc5ncccc5c4)O3)cc2c1. The smallest absolute Gasteiger partial charge is 0.445 e. The Kier molecular flexibility index (Phi) is 5.24. The van der Waals surface area contributed by atoms with E-state index < -0.39 is 21.4 Å². The Bertz CT molecular complexity index is 1530. The topological polar surface area (TPSA) is 66.4 Å². The predicted octanol–water partition coefficient (Wildman–Crippen LogP) is 2.88. The fourth-order valence-corrected chi connectivity index (χ4v) is 4.63. The molecule has 6 aromatic rings. The van der Waals surface area contributed by atoms with E-state index in [1.165, 1.54) is 0 Å². The summed E-state index contributed by atoms with van der Waals surface area (Å²) in [6, 6.07) is 30.0. The molecule has 9 heteroatoms. The highest BCUT2D eigenvalue weighted by molar-refractivity contribution is 6.87. The summed E-state index contributed by atoms with van der Waals surface area (Å²) < 4.78 is 19.2. The molecule has 0 unspecified atom stereocenters. The molecule has 0 amide bonds. The maximum atomic E-state index is 6.40. The van der Waals surface area contributed by atoms with Crippen LogP contribution in [0.2, 0.25) is 0 Å². The lowest BCUT2D eigenvalue weighted by Gasteiger charge is -2.31. The first kappa shape index (κ1) is 21.3. The Balaban J connectivity index is 1.30. The molecular weight excluding hydrogens is 447 g/mol. The van der Waals surface area contributed by atoms with E-state index in [0.717, 1.165) is 49.1 Å². The highest BCUT2D eigenvalue weighted by Gasteiger charge is 2.43. The van der Waals surface area contributed by atoms with Crippen LogP contribution in [-0.4, -0.2) is 36.3 Å². The van der Waals surface area contributed by atoms with Gasteiger partial charge in [0.2, 0.25) is 0 Å². The molecule has 0 N–H and O–H groups in total. The summed E-state index contributed by atoms with van der Waals surface area (Å²) in [5.41, 5.74) is 5.47. The van der Waals surface area contributed by atoms with Gasteiger partial charge in [0.1, 0.15) is 0 Å². The third-order valence-corrected chi connectivity index (χ3v) is 6.44. The van der Waals surface area contributed by atoms with Gasteiger partial charge >= 0.3 is 21.4 Å². The van der Waals surface area contributed by atoms with E-state index in [9.17, 15) is 0 Å². The number of fused-ring (bicyclic) bond motifs is 3. The van der Waals surface area contributed by atoms with Gasteiger partial charge in [0.15, 0.2) is 0 Å². The van der Waals surface area contributed by atoms with E-state index in [4.69, 9.17) is 13.7 Å². The molecule has 6 nitrogen and oxygen atoms in total. The highest BCUT2D eigenvalue weighted by atomic mass is 16.7. The van der Waals surface area contributed by atoms with Crippen LogP contribution < -0.4 is 16.4 Å². The van der Waals surface area contributed by atoms with Crippen LogP contribution in [0, 0.1) is 0 Å². The van der Waals surface area contributed by atoms with Crippen LogP contribution in [0.5, 0.6) is 0 Å². The van der Waals surface area contributed by atoms with Crippen LogP contribution in [0.15, 0.2) is 110 Å². The van der Waals surface area contributed by atoms with E-state index in [1.807, 2.05) is 72.8 Å². The van der Waals surface area contributed by atoms with Crippen molar-refractivity contribution in [2.75, 3.05) is 0 Å². The van der Waals surface area contributed by atoms with Gasteiger partial charge in [0, 0.05) is 18.6 Å². The molecule has 1 saturated heterocycles. The van der Waals surface area contributed by atoms with Crippen molar-refractivity contribution >= 4 is 70.5 Å². The molecule has 3 aromatic heterocycles. The quantitative estimate of drug-likeness (QED) is 0.375. The van der Waals surface area contributed by atoms with Gasteiger partial charge < -0.3 is 13.7 Å². The second kappa shape index (κ2) is 8.88. The summed E-state index contributed by atoms with van der Waals surface area (Å²) in [4.78, 5) is 13.3. The standard InChI is InChI=1S/C27H18B3N3O3/c1-4-19-16-22(7-10-25(19)31-13-1)28-34-29(23-8-11-26-20(17-23)5-2-14-32-26)36-30(35-28)24-9-12-27-21(18-24)6-3-15-33-27/h1-18H. The van der Waals surface area contributed by atoms with E-state index in [2.05, 4.69) is 33.2 Å². The zero-order valence-corrected chi connectivity index (χ0v) is 19.2. The van der Waals surface area contributed by atoms with Gasteiger partial charge in [-0.05, 0) is 68.9 Å². The van der Waals surface area contributed by atoms with E-state index in [-0.39, 0.29) is 0 Å². The molecule has 0 bridgehead atoms. The van der Waals surface area contributed by atoms with Gasteiger partial charge in [-0.2, -0.15) is 0 Å². The molecule has 4 heterocycles. The lowest BCUT2D eigenvalue weighted by atomic mass is 9.61. The van der Waals surface area contributed by atoms with Crippen molar-refractivity contribution < 1.29 is 13.7 Å². The number of aromatic nitrogens is 3. The monoisotopic (exact) mass is 465 g/mol. The van der Waals surface area contributed by atoms with Gasteiger partial charge in [-0.25, -0.2) is 0 Å². The average molecular weight is 465 g/mol. The van der Waals surface area contributed by atoms with Crippen LogP contribution in [0.3, 0.4) is 0 Å². The third kappa shape index (κ3) is 3.93. The molecule has 1 fully saturated rings. The van der Waals surface area contributed by atoms with Crippen molar-refractivity contribution in [3.05, 3.63) is 110 Å². The first-order valence-electron chi connectivity index (χ1n) is 11.8. The normalized spacial score (nSPS) is 14.2. The van der Waals surface area contributed by atoms with E-state index in [1.54, 1.807) is 18.6 Å². The van der Waals surface area contributed by atoms with Crippen molar-refractivity contribution in [2.24, 2.45) is 0 Å². The molecule has 3 aromatic carbocycles. The summed E-state index contributed by atoms with van der Waals surface area (Å²) in [6.07, 6.45) is 5.37. The van der Waals surface area contributed by atoms with Crippen LogP contribution in [0.1, 0.15) is 0 Å². The van der Waals surface area contributed by atoms with Gasteiger partial charge in [-0.3, -0.25) is 15.0 Å². The fourth-order valence-electron chi connectivity index (χ4n) is 4.63. The number of nitrogens with zero attached hydrogens (tertiary/aromatic N) is 3. The maximum Gasteiger partial charge on any atom is 0.467 e. The lowest BCUT2D eigenvalue weighted by Crippen LogP contribution is -2.61. The number of benzene rings is 3. The van der Waals surface area contributed by atoms with Crippen LogP contribution in [0.4, 0.5) is 0 Å². The average Bonchev–Trinajstić information content (AvgIpc) is 2.96. The maximum absolute atomic E-state index is 6.40. The predicted molar refractivity (Wildman–Crippen MR) is 145 cm³/mol. The Morgan fingerprint density at radius 1 is 0.417 bits per heavy atom. The van der Waals surface area contributed by atoms with Crippen LogP contribution in [-0.2, 0) is 13.7 Å². The Morgan fingerprint density at radius 2 is 0.750 bits per heavy atom. The zero-order chi connectivity index (χ0) is 23.9. The fraction of sp³-hybridized carbons (Fsp3) is 0. The molecule has 0 aliphatic carbocycles. The summed E-state index contributed by atoms with van der Waals surface area (Å²) in [7, 11) is -1.90. The molecule has 0 spiro atoms. The number of rotatable bonds is 3. The number of hydrogen-bond donors (Lipinski definition) is 0. The van der Waals surface area contributed by atoms with Crippen LogP contribution >= 0.6 is 0 Å².